The van der Waals surface area contributed by atoms with Crippen molar-refractivity contribution in [1.82, 2.24) is 34.4 Å². The van der Waals surface area contributed by atoms with Gasteiger partial charge in [-0.05, 0) is 37.8 Å². The van der Waals surface area contributed by atoms with Gasteiger partial charge in [-0.3, -0.25) is 9.78 Å². The quantitative estimate of drug-likeness (QED) is 0.449. The minimum absolute atomic E-state index is 0.0635. The Hall–Kier alpha value is -4.06. The van der Waals surface area contributed by atoms with Crippen LogP contribution in [0.15, 0.2) is 36.9 Å². The summed E-state index contributed by atoms with van der Waals surface area (Å²) < 4.78 is 33.0. The van der Waals surface area contributed by atoms with Crippen molar-refractivity contribution in [1.29, 1.82) is 0 Å². The third kappa shape index (κ3) is 3.18. The van der Waals surface area contributed by atoms with E-state index in [1.165, 1.54) is 12.3 Å². The van der Waals surface area contributed by atoms with Crippen LogP contribution in [0, 0.1) is 0 Å². The number of pyridine rings is 1. The molecule has 12 heteroatoms. The van der Waals surface area contributed by atoms with Crippen LogP contribution in [0.5, 0.6) is 5.75 Å². The molecule has 37 heavy (non-hydrogen) atoms. The monoisotopic (exact) mass is 504 g/mol. The van der Waals surface area contributed by atoms with E-state index in [1.54, 1.807) is 35.1 Å². The van der Waals surface area contributed by atoms with Crippen LogP contribution < -0.4 is 10.5 Å². The first kappa shape index (κ1) is 22.2. The number of carbonyl (C=O) groups excluding carboxylic acids is 1. The van der Waals surface area contributed by atoms with Crippen molar-refractivity contribution in [2.75, 3.05) is 7.05 Å². The van der Waals surface area contributed by atoms with Crippen molar-refractivity contribution >= 4 is 11.6 Å². The number of ether oxygens (including phenoxy) is 1. The number of nitrogens with zero attached hydrogens (tertiary/aromatic N) is 7. The fourth-order valence-electron chi connectivity index (χ4n) is 5.73. The van der Waals surface area contributed by atoms with E-state index in [0.29, 0.717) is 34.8 Å². The average Bonchev–Trinajstić information content (AvgIpc) is 3.40. The summed E-state index contributed by atoms with van der Waals surface area (Å²) >= 11 is 0. The highest BCUT2D eigenvalue weighted by Gasteiger charge is 2.47. The second-order valence-electron chi connectivity index (χ2n) is 9.85. The number of aromatic nitrogens is 6. The summed E-state index contributed by atoms with van der Waals surface area (Å²) in [4.78, 5) is 32.9. The fraction of sp³-hybridized carbons (Fsp3) is 0.360. The molecule has 0 radical (unpaired) electrons. The van der Waals surface area contributed by atoms with Crippen molar-refractivity contribution in [2.45, 2.75) is 49.8 Å². The molecule has 2 aliphatic carbocycles. The highest BCUT2D eigenvalue weighted by atomic mass is 19.3. The summed E-state index contributed by atoms with van der Waals surface area (Å²) in [7, 11) is 1.67. The predicted molar refractivity (Wildman–Crippen MR) is 126 cm³/mol. The molecule has 4 aromatic heterocycles. The molecule has 5 heterocycles. The highest BCUT2D eigenvalue weighted by molar-refractivity contribution is 5.96. The average molecular weight is 505 g/mol. The number of nitrogens with two attached hydrogens (primary N) is 1. The molecule has 2 atom stereocenters. The molecule has 0 aromatic carbocycles. The molecular weight excluding hydrogens is 482 g/mol. The Balaban J connectivity index is 1.37. The van der Waals surface area contributed by atoms with Gasteiger partial charge in [0.05, 0.1) is 23.0 Å². The number of halogens is 2. The number of hydrogen-bond acceptors (Lipinski definition) is 8. The summed E-state index contributed by atoms with van der Waals surface area (Å²) in [5.41, 5.74) is 9.72. The van der Waals surface area contributed by atoms with Crippen LogP contribution in [0.4, 0.5) is 8.78 Å². The van der Waals surface area contributed by atoms with Gasteiger partial charge in [0.25, 0.3) is 5.91 Å². The van der Waals surface area contributed by atoms with Gasteiger partial charge >= 0.3 is 6.61 Å². The van der Waals surface area contributed by atoms with Crippen molar-refractivity contribution in [3.8, 4) is 17.0 Å². The Morgan fingerprint density at radius 2 is 1.95 bits per heavy atom. The van der Waals surface area contributed by atoms with E-state index in [-0.39, 0.29) is 23.4 Å². The normalized spacial score (nSPS) is 21.5. The van der Waals surface area contributed by atoms with Gasteiger partial charge in [-0.2, -0.15) is 13.9 Å². The molecule has 10 nitrogen and oxygen atoms in total. The lowest BCUT2D eigenvalue weighted by Gasteiger charge is -2.36. The van der Waals surface area contributed by atoms with Crippen LogP contribution in [0.25, 0.3) is 16.9 Å². The van der Waals surface area contributed by atoms with Crippen LogP contribution in [0.2, 0.25) is 0 Å². The van der Waals surface area contributed by atoms with Crippen molar-refractivity contribution < 1.29 is 18.3 Å². The van der Waals surface area contributed by atoms with Gasteiger partial charge in [-0.1, -0.05) is 0 Å². The van der Waals surface area contributed by atoms with Gasteiger partial charge in [0, 0.05) is 54.4 Å². The van der Waals surface area contributed by atoms with E-state index in [0.717, 1.165) is 30.4 Å². The van der Waals surface area contributed by atoms with Gasteiger partial charge in [0.2, 0.25) is 0 Å². The maximum absolute atomic E-state index is 13.3. The van der Waals surface area contributed by atoms with Gasteiger partial charge in [-0.25, -0.2) is 19.5 Å². The van der Waals surface area contributed by atoms with Gasteiger partial charge in [0.15, 0.2) is 5.65 Å². The van der Waals surface area contributed by atoms with E-state index in [1.807, 2.05) is 6.07 Å². The van der Waals surface area contributed by atoms with Crippen LogP contribution in [0.1, 0.15) is 70.8 Å². The van der Waals surface area contributed by atoms with Crippen molar-refractivity contribution in [3.05, 3.63) is 65.3 Å². The SMILES string of the molecule is CN1C(=O)c2nccc(OC(F)F)c2C2CC1c1nn3ccc(-c4cnc(C5(N)CCC5)nc4)nc3c12. The molecule has 2 bridgehead atoms. The van der Waals surface area contributed by atoms with Gasteiger partial charge in [0.1, 0.15) is 17.3 Å². The molecule has 1 fully saturated rings. The number of fused-ring (bicyclic) bond motifs is 9. The maximum Gasteiger partial charge on any atom is 0.387 e. The lowest BCUT2D eigenvalue weighted by Crippen LogP contribution is -2.44. The van der Waals surface area contributed by atoms with Crippen LogP contribution in [0.3, 0.4) is 0 Å². The topological polar surface area (TPSA) is 124 Å². The fourth-order valence-corrected chi connectivity index (χ4v) is 5.73. The summed E-state index contributed by atoms with van der Waals surface area (Å²) in [5.74, 6) is -0.241. The number of amides is 1. The van der Waals surface area contributed by atoms with Gasteiger partial charge in [-0.15, -0.1) is 0 Å². The Morgan fingerprint density at radius 3 is 2.65 bits per heavy atom. The van der Waals surface area contributed by atoms with E-state index in [4.69, 9.17) is 20.6 Å². The molecule has 4 aromatic rings. The Bertz CT molecular complexity index is 1570. The molecule has 1 aliphatic heterocycles. The van der Waals surface area contributed by atoms with Crippen LogP contribution in [-0.4, -0.2) is 54.0 Å². The van der Waals surface area contributed by atoms with E-state index < -0.39 is 18.1 Å². The Kier molecular flexibility index (Phi) is 4.62. The van der Waals surface area contributed by atoms with Crippen molar-refractivity contribution in [2.24, 2.45) is 5.73 Å². The second-order valence-corrected chi connectivity index (χ2v) is 9.85. The summed E-state index contributed by atoms with van der Waals surface area (Å²) in [5, 5.41) is 4.73. The van der Waals surface area contributed by atoms with E-state index in [9.17, 15) is 13.6 Å². The number of alkyl halides is 2. The minimum Gasteiger partial charge on any atom is -0.434 e. The second kappa shape index (κ2) is 7.72. The van der Waals surface area contributed by atoms with Crippen LogP contribution >= 0.6 is 0 Å². The molecule has 1 saturated carbocycles. The zero-order chi connectivity index (χ0) is 25.5. The lowest BCUT2D eigenvalue weighted by molar-refractivity contribution is -0.0506. The maximum atomic E-state index is 13.3. The molecular formula is C25H22F2N8O2. The molecule has 2 unspecified atom stereocenters. The lowest BCUT2D eigenvalue weighted by atomic mass is 9.77. The molecule has 188 valence electrons. The minimum atomic E-state index is -3.04. The zero-order valence-corrected chi connectivity index (χ0v) is 19.8. The highest BCUT2D eigenvalue weighted by Crippen LogP contribution is 2.52. The first-order chi connectivity index (χ1) is 17.8. The molecule has 3 aliphatic rings. The van der Waals surface area contributed by atoms with Gasteiger partial charge < -0.3 is 15.4 Å². The smallest absolute Gasteiger partial charge is 0.387 e. The molecule has 7 rings (SSSR count). The summed E-state index contributed by atoms with van der Waals surface area (Å²) in [6.07, 6.45) is 9.80. The number of rotatable bonds is 4. The zero-order valence-electron chi connectivity index (χ0n) is 19.8. The van der Waals surface area contributed by atoms with Crippen LogP contribution in [-0.2, 0) is 5.54 Å². The Labute approximate surface area is 209 Å². The molecule has 1 amide bonds. The largest absolute Gasteiger partial charge is 0.434 e. The summed E-state index contributed by atoms with van der Waals surface area (Å²) in [6, 6.07) is 2.83. The number of hydrogen-bond donors (Lipinski definition) is 1. The first-order valence-electron chi connectivity index (χ1n) is 12.1. The van der Waals surface area contributed by atoms with E-state index >= 15 is 0 Å². The Morgan fingerprint density at radius 1 is 1.16 bits per heavy atom. The van der Waals surface area contributed by atoms with E-state index in [2.05, 4.69) is 15.0 Å². The molecule has 0 spiro atoms. The first-order valence-corrected chi connectivity index (χ1v) is 12.1. The predicted octanol–water partition coefficient (Wildman–Crippen LogP) is 3.18. The number of carbonyl (C=O) groups is 1. The molecule has 0 saturated heterocycles. The third-order valence-corrected chi connectivity index (χ3v) is 7.82. The summed E-state index contributed by atoms with van der Waals surface area (Å²) in [6.45, 7) is -3.04. The van der Waals surface area contributed by atoms with Crippen molar-refractivity contribution in [3.63, 3.8) is 0 Å². The third-order valence-electron chi connectivity index (χ3n) is 7.82. The standard InChI is InChI=1S/C25H22F2N8O2/c1-34-15-9-13(17-16(37-24(26)27)3-7-29-20(17)22(34)36)18-19(15)33-35-8-4-14(32-21(18)35)12-10-30-23(31-11-12)25(28)5-2-6-25/h3-4,7-8,10-11,13,15,24H,2,5-6,9,28H2,1H3. The molecule has 2 N–H and O–H groups in total.